The average Bonchev–Trinajstić information content (AvgIpc) is 2.88. The highest BCUT2D eigenvalue weighted by molar-refractivity contribution is 6.06. The van der Waals surface area contributed by atoms with Crippen LogP contribution in [0.3, 0.4) is 0 Å². The zero-order valence-electron chi connectivity index (χ0n) is 15.5. The summed E-state index contributed by atoms with van der Waals surface area (Å²) in [5.74, 6) is 0.670. The predicted octanol–water partition coefficient (Wildman–Crippen LogP) is 2.49. The molecule has 1 atom stereocenters. The van der Waals surface area contributed by atoms with Crippen molar-refractivity contribution in [1.82, 2.24) is 30.0 Å². The van der Waals surface area contributed by atoms with E-state index in [1.165, 1.54) is 0 Å². The molecule has 0 aliphatic heterocycles. The SMILES string of the molecule is Cc1cc(C(=O)N[C@H]2CCCc3nc(C)ncc32)c2c(C)nn(C)c2n1. The van der Waals surface area contributed by atoms with Crippen LogP contribution in [-0.4, -0.2) is 30.6 Å². The van der Waals surface area contributed by atoms with Crippen molar-refractivity contribution >= 4 is 16.9 Å². The van der Waals surface area contributed by atoms with Crippen molar-refractivity contribution in [3.8, 4) is 0 Å². The van der Waals surface area contributed by atoms with Crippen LogP contribution in [0.15, 0.2) is 12.3 Å². The fourth-order valence-electron chi connectivity index (χ4n) is 3.78. The molecule has 0 bridgehead atoms. The number of amides is 1. The van der Waals surface area contributed by atoms with Gasteiger partial charge in [-0.25, -0.2) is 15.0 Å². The van der Waals surface area contributed by atoms with Crippen molar-refractivity contribution in [2.75, 3.05) is 0 Å². The largest absolute Gasteiger partial charge is 0.345 e. The Morgan fingerprint density at radius 1 is 1.27 bits per heavy atom. The molecule has 1 N–H and O–H groups in total. The Kier molecular flexibility index (Phi) is 3.94. The van der Waals surface area contributed by atoms with E-state index in [1.807, 2.05) is 40.1 Å². The number of aromatic nitrogens is 5. The first-order chi connectivity index (χ1) is 12.4. The van der Waals surface area contributed by atoms with E-state index >= 15 is 0 Å². The molecule has 0 saturated heterocycles. The summed E-state index contributed by atoms with van der Waals surface area (Å²) in [5, 5.41) is 8.42. The second kappa shape index (κ2) is 6.16. The van der Waals surface area contributed by atoms with Crippen LogP contribution in [0.1, 0.15) is 57.7 Å². The highest BCUT2D eigenvalue weighted by Crippen LogP contribution is 2.29. The molecule has 1 aliphatic rings. The lowest BCUT2D eigenvalue weighted by molar-refractivity contribution is 0.0934. The van der Waals surface area contributed by atoms with Gasteiger partial charge >= 0.3 is 0 Å². The number of hydrogen-bond acceptors (Lipinski definition) is 5. The van der Waals surface area contributed by atoms with Gasteiger partial charge in [0.15, 0.2) is 5.65 Å². The number of carbonyl (C=O) groups excluding carboxylic acids is 1. The Balaban J connectivity index is 1.72. The van der Waals surface area contributed by atoms with Crippen molar-refractivity contribution in [3.05, 3.63) is 46.3 Å². The number of aryl methyl sites for hydroxylation is 5. The molecular weight excluding hydrogens is 328 g/mol. The second-order valence-corrected chi connectivity index (χ2v) is 6.96. The van der Waals surface area contributed by atoms with Crippen LogP contribution in [-0.2, 0) is 13.5 Å². The fourth-order valence-corrected chi connectivity index (χ4v) is 3.78. The van der Waals surface area contributed by atoms with Crippen LogP contribution in [0.25, 0.3) is 11.0 Å². The Morgan fingerprint density at radius 3 is 2.88 bits per heavy atom. The van der Waals surface area contributed by atoms with E-state index in [-0.39, 0.29) is 11.9 Å². The van der Waals surface area contributed by atoms with Gasteiger partial charge in [0.05, 0.1) is 22.7 Å². The number of fused-ring (bicyclic) bond motifs is 2. The van der Waals surface area contributed by atoms with Gasteiger partial charge in [0.25, 0.3) is 5.91 Å². The van der Waals surface area contributed by atoms with Crippen molar-refractivity contribution in [2.24, 2.45) is 7.05 Å². The van der Waals surface area contributed by atoms with Crippen molar-refractivity contribution in [2.45, 2.75) is 46.1 Å². The average molecular weight is 350 g/mol. The number of pyridine rings is 1. The van der Waals surface area contributed by atoms with Crippen molar-refractivity contribution in [3.63, 3.8) is 0 Å². The Morgan fingerprint density at radius 2 is 2.08 bits per heavy atom. The number of carbonyl (C=O) groups is 1. The summed E-state index contributed by atoms with van der Waals surface area (Å²) in [6, 6.07) is 1.77. The molecule has 134 valence electrons. The molecule has 1 aliphatic carbocycles. The first kappa shape index (κ1) is 16.6. The molecular formula is C19H22N6O. The first-order valence-electron chi connectivity index (χ1n) is 8.88. The molecule has 3 aromatic rings. The van der Waals surface area contributed by atoms with Crippen LogP contribution in [0, 0.1) is 20.8 Å². The number of nitrogens with zero attached hydrogens (tertiary/aromatic N) is 5. The van der Waals surface area contributed by atoms with Gasteiger partial charge in [-0.05, 0) is 46.1 Å². The molecule has 4 rings (SSSR count). The van der Waals surface area contributed by atoms with Crippen molar-refractivity contribution in [1.29, 1.82) is 0 Å². The zero-order valence-corrected chi connectivity index (χ0v) is 15.5. The molecule has 3 aromatic heterocycles. The number of nitrogens with one attached hydrogen (secondary N) is 1. The van der Waals surface area contributed by atoms with E-state index in [0.717, 1.165) is 58.8 Å². The van der Waals surface area contributed by atoms with Gasteiger partial charge in [0.2, 0.25) is 0 Å². The maximum atomic E-state index is 13.1. The molecule has 0 spiro atoms. The molecule has 7 nitrogen and oxygen atoms in total. The van der Waals surface area contributed by atoms with Crippen LogP contribution in [0.4, 0.5) is 0 Å². The standard InChI is InChI=1S/C19H22N6O/c1-10-8-13(17-11(2)24-25(4)18(17)21-10)19(26)23-16-7-5-6-15-14(16)9-20-12(3)22-15/h8-9,16H,5-7H2,1-4H3,(H,23,26)/t16-/m0/s1. The third-order valence-corrected chi connectivity index (χ3v) is 4.95. The van der Waals surface area contributed by atoms with Gasteiger partial charge < -0.3 is 5.32 Å². The first-order valence-corrected chi connectivity index (χ1v) is 8.88. The maximum Gasteiger partial charge on any atom is 0.252 e. The third-order valence-electron chi connectivity index (χ3n) is 4.95. The molecule has 0 aromatic carbocycles. The van der Waals surface area contributed by atoms with E-state index in [9.17, 15) is 4.79 Å². The second-order valence-electron chi connectivity index (χ2n) is 6.96. The van der Waals surface area contributed by atoms with Gasteiger partial charge in [-0.3, -0.25) is 9.48 Å². The molecule has 0 saturated carbocycles. The smallest absolute Gasteiger partial charge is 0.252 e. The molecule has 26 heavy (non-hydrogen) atoms. The van der Waals surface area contributed by atoms with Gasteiger partial charge in [-0.15, -0.1) is 0 Å². The van der Waals surface area contributed by atoms with Gasteiger partial charge in [0.1, 0.15) is 5.82 Å². The molecule has 3 heterocycles. The summed E-state index contributed by atoms with van der Waals surface area (Å²) >= 11 is 0. The van der Waals surface area contributed by atoms with E-state index in [0.29, 0.717) is 5.56 Å². The maximum absolute atomic E-state index is 13.1. The Bertz CT molecular complexity index is 1020. The Labute approximate surface area is 151 Å². The molecule has 0 radical (unpaired) electrons. The molecule has 1 amide bonds. The molecule has 7 heteroatoms. The summed E-state index contributed by atoms with van der Waals surface area (Å²) in [5.41, 5.74) is 5.04. The van der Waals surface area contributed by atoms with Crippen LogP contribution in [0.2, 0.25) is 0 Å². The molecule has 0 unspecified atom stereocenters. The molecule has 0 fully saturated rings. The fraction of sp³-hybridized carbons (Fsp3) is 0.421. The third kappa shape index (κ3) is 2.73. The summed E-state index contributed by atoms with van der Waals surface area (Å²) in [7, 11) is 1.85. The predicted molar refractivity (Wildman–Crippen MR) is 97.9 cm³/mol. The Hall–Kier alpha value is -2.83. The minimum absolute atomic E-state index is 0.0626. The highest BCUT2D eigenvalue weighted by Gasteiger charge is 2.25. The van der Waals surface area contributed by atoms with Gasteiger partial charge in [0, 0.05) is 30.2 Å². The monoisotopic (exact) mass is 350 g/mol. The highest BCUT2D eigenvalue weighted by atomic mass is 16.1. The van der Waals surface area contributed by atoms with E-state index in [4.69, 9.17) is 0 Å². The van der Waals surface area contributed by atoms with Crippen LogP contribution >= 0.6 is 0 Å². The quantitative estimate of drug-likeness (QED) is 0.767. The van der Waals surface area contributed by atoms with E-state index in [2.05, 4.69) is 25.4 Å². The lowest BCUT2D eigenvalue weighted by Gasteiger charge is -2.25. The van der Waals surface area contributed by atoms with Crippen LogP contribution < -0.4 is 5.32 Å². The van der Waals surface area contributed by atoms with Gasteiger partial charge in [-0.2, -0.15) is 5.10 Å². The topological polar surface area (TPSA) is 85.6 Å². The summed E-state index contributed by atoms with van der Waals surface area (Å²) in [6.07, 6.45) is 4.69. The summed E-state index contributed by atoms with van der Waals surface area (Å²) < 4.78 is 1.72. The van der Waals surface area contributed by atoms with Crippen molar-refractivity contribution < 1.29 is 4.79 Å². The lowest BCUT2D eigenvalue weighted by Crippen LogP contribution is -2.32. The van der Waals surface area contributed by atoms with E-state index in [1.54, 1.807) is 4.68 Å². The summed E-state index contributed by atoms with van der Waals surface area (Å²) in [6.45, 7) is 5.69. The minimum atomic E-state index is -0.102. The van der Waals surface area contributed by atoms with E-state index < -0.39 is 0 Å². The lowest BCUT2D eigenvalue weighted by atomic mass is 9.92. The van der Waals surface area contributed by atoms with Gasteiger partial charge in [-0.1, -0.05) is 0 Å². The zero-order chi connectivity index (χ0) is 18.4. The number of hydrogen-bond donors (Lipinski definition) is 1. The van der Waals surface area contributed by atoms with Crippen LogP contribution in [0.5, 0.6) is 0 Å². The summed E-state index contributed by atoms with van der Waals surface area (Å²) in [4.78, 5) is 26.5. The minimum Gasteiger partial charge on any atom is -0.345 e. The normalized spacial score (nSPS) is 16.5. The number of rotatable bonds is 2.